The molecule has 0 aliphatic heterocycles. The summed E-state index contributed by atoms with van der Waals surface area (Å²) in [4.78, 5) is 27.0. The van der Waals surface area contributed by atoms with Gasteiger partial charge in [0.05, 0.1) is 5.56 Å². The molecule has 2 rings (SSSR count). The summed E-state index contributed by atoms with van der Waals surface area (Å²) >= 11 is 2.98. The van der Waals surface area contributed by atoms with Gasteiger partial charge in [-0.3, -0.25) is 9.59 Å². The Hall–Kier alpha value is -1.40. The second kappa shape index (κ2) is 6.16. The Labute approximate surface area is 119 Å². The Bertz CT molecular complexity index is 605. The molecule has 0 unspecified atom stereocenters. The minimum Gasteiger partial charge on any atom is -0.360 e. The summed E-state index contributed by atoms with van der Waals surface area (Å²) in [6.45, 7) is 0. The van der Waals surface area contributed by atoms with Crippen molar-refractivity contribution in [2.75, 3.05) is 12.5 Å². The third kappa shape index (κ3) is 2.96. The standard InChI is InChI=1S/C13H14N2O2S2/c1-18-13(19-2)15-12(17)11(16)9-7-14-10-6-4-3-5-8(9)10/h3-7,13-14H,1-2H3,(H,15,17). The van der Waals surface area contributed by atoms with E-state index in [0.29, 0.717) is 5.56 Å². The first-order valence-electron chi connectivity index (χ1n) is 5.64. The molecule has 0 bridgehead atoms. The Morgan fingerprint density at radius 1 is 1.21 bits per heavy atom. The first kappa shape index (κ1) is 14.0. The van der Waals surface area contributed by atoms with Gasteiger partial charge in [0.2, 0.25) is 0 Å². The lowest BCUT2D eigenvalue weighted by Crippen LogP contribution is -2.35. The second-order valence-electron chi connectivity index (χ2n) is 3.85. The number of ketones is 1. The van der Waals surface area contributed by atoms with Crippen LogP contribution in [0.2, 0.25) is 0 Å². The number of fused-ring (bicyclic) bond motifs is 1. The number of H-pyrrole nitrogens is 1. The molecule has 100 valence electrons. The average Bonchev–Trinajstić information content (AvgIpc) is 2.87. The third-order valence-corrected chi connectivity index (χ3v) is 4.96. The zero-order valence-corrected chi connectivity index (χ0v) is 12.2. The highest BCUT2D eigenvalue weighted by molar-refractivity contribution is 8.16. The highest BCUT2D eigenvalue weighted by atomic mass is 32.2. The zero-order chi connectivity index (χ0) is 13.8. The van der Waals surface area contributed by atoms with Crippen molar-refractivity contribution in [2.45, 2.75) is 4.71 Å². The van der Waals surface area contributed by atoms with Crippen molar-refractivity contribution in [3.05, 3.63) is 36.0 Å². The van der Waals surface area contributed by atoms with Crippen LogP contribution in [-0.4, -0.2) is 33.9 Å². The molecule has 0 fully saturated rings. The number of Topliss-reactive ketones (excluding diaryl/α,β-unsaturated/α-hetero) is 1. The van der Waals surface area contributed by atoms with Crippen LogP contribution in [0.5, 0.6) is 0 Å². The minimum atomic E-state index is -0.571. The second-order valence-corrected chi connectivity index (χ2v) is 6.04. The number of nitrogens with one attached hydrogen (secondary N) is 2. The lowest BCUT2D eigenvalue weighted by molar-refractivity contribution is -0.116. The first-order valence-corrected chi connectivity index (χ1v) is 8.22. The van der Waals surface area contributed by atoms with Gasteiger partial charge in [0.25, 0.3) is 11.7 Å². The Balaban J connectivity index is 2.22. The summed E-state index contributed by atoms with van der Waals surface area (Å²) in [7, 11) is 0. The van der Waals surface area contributed by atoms with Crippen molar-refractivity contribution >= 4 is 46.1 Å². The van der Waals surface area contributed by atoms with E-state index < -0.39 is 11.7 Å². The van der Waals surface area contributed by atoms with Gasteiger partial charge in [-0.2, -0.15) is 0 Å². The van der Waals surface area contributed by atoms with Crippen LogP contribution in [0.15, 0.2) is 30.5 Å². The predicted octanol–water partition coefficient (Wildman–Crippen LogP) is 2.48. The molecule has 2 N–H and O–H groups in total. The predicted molar refractivity (Wildman–Crippen MR) is 81.6 cm³/mol. The van der Waals surface area contributed by atoms with Gasteiger partial charge in [-0.05, 0) is 18.6 Å². The van der Waals surface area contributed by atoms with Crippen LogP contribution in [0.1, 0.15) is 10.4 Å². The molecule has 1 heterocycles. The van der Waals surface area contributed by atoms with Crippen molar-refractivity contribution in [1.82, 2.24) is 10.3 Å². The third-order valence-electron chi connectivity index (χ3n) is 2.72. The van der Waals surface area contributed by atoms with Crippen molar-refractivity contribution in [3.63, 3.8) is 0 Å². The molecule has 4 nitrogen and oxygen atoms in total. The Morgan fingerprint density at radius 2 is 1.89 bits per heavy atom. The summed E-state index contributed by atoms with van der Waals surface area (Å²) < 4.78 is -0.110. The van der Waals surface area contributed by atoms with Crippen molar-refractivity contribution in [3.8, 4) is 0 Å². The van der Waals surface area contributed by atoms with Gasteiger partial charge in [-0.1, -0.05) is 18.2 Å². The normalized spacial score (nSPS) is 10.9. The van der Waals surface area contributed by atoms with Crippen molar-refractivity contribution in [2.24, 2.45) is 0 Å². The molecule has 0 atom stereocenters. The van der Waals surface area contributed by atoms with Gasteiger partial charge in [0, 0.05) is 17.1 Å². The van der Waals surface area contributed by atoms with Crippen LogP contribution in [0.25, 0.3) is 10.9 Å². The summed E-state index contributed by atoms with van der Waals surface area (Å²) in [6, 6.07) is 7.42. The molecular formula is C13H14N2O2S2. The molecule has 1 amide bonds. The first-order chi connectivity index (χ1) is 9.17. The van der Waals surface area contributed by atoms with E-state index in [1.165, 1.54) is 23.5 Å². The molecule has 0 aliphatic carbocycles. The highest BCUT2D eigenvalue weighted by Crippen LogP contribution is 2.19. The number of hydrogen-bond acceptors (Lipinski definition) is 4. The maximum atomic E-state index is 12.1. The molecule has 0 spiro atoms. The van der Waals surface area contributed by atoms with E-state index in [4.69, 9.17) is 0 Å². The van der Waals surface area contributed by atoms with Crippen LogP contribution in [0.4, 0.5) is 0 Å². The fourth-order valence-corrected chi connectivity index (χ4v) is 2.99. The van der Waals surface area contributed by atoms with E-state index in [2.05, 4.69) is 10.3 Å². The lowest BCUT2D eigenvalue weighted by Gasteiger charge is -2.12. The number of aromatic nitrogens is 1. The molecule has 0 saturated carbocycles. The van der Waals surface area contributed by atoms with Crippen LogP contribution in [0, 0.1) is 0 Å². The van der Waals surface area contributed by atoms with E-state index in [9.17, 15) is 9.59 Å². The van der Waals surface area contributed by atoms with Gasteiger partial charge in [0.15, 0.2) is 0 Å². The van der Waals surface area contributed by atoms with Gasteiger partial charge >= 0.3 is 0 Å². The topological polar surface area (TPSA) is 62.0 Å². The number of amides is 1. The molecule has 0 saturated heterocycles. The molecular weight excluding hydrogens is 280 g/mol. The number of carbonyl (C=O) groups excluding carboxylic acids is 2. The fraction of sp³-hybridized carbons (Fsp3) is 0.231. The van der Waals surface area contributed by atoms with Crippen molar-refractivity contribution in [1.29, 1.82) is 0 Å². The number of carbonyl (C=O) groups is 2. The average molecular weight is 294 g/mol. The number of benzene rings is 1. The summed E-state index contributed by atoms with van der Waals surface area (Å²) in [5.41, 5.74) is 1.26. The zero-order valence-electron chi connectivity index (χ0n) is 10.6. The van der Waals surface area contributed by atoms with Crippen LogP contribution >= 0.6 is 23.5 Å². The summed E-state index contributed by atoms with van der Waals surface area (Å²) in [5, 5.41) is 3.46. The monoisotopic (exact) mass is 294 g/mol. The van der Waals surface area contributed by atoms with E-state index in [1.54, 1.807) is 6.20 Å². The van der Waals surface area contributed by atoms with Gasteiger partial charge in [-0.25, -0.2) is 0 Å². The van der Waals surface area contributed by atoms with Gasteiger partial charge in [-0.15, -0.1) is 23.5 Å². The molecule has 0 radical (unpaired) electrons. The number of para-hydroxylation sites is 1. The van der Waals surface area contributed by atoms with E-state index in [-0.39, 0.29) is 4.71 Å². The van der Waals surface area contributed by atoms with Crippen LogP contribution in [-0.2, 0) is 4.79 Å². The minimum absolute atomic E-state index is 0.110. The molecule has 1 aromatic carbocycles. The number of thioether (sulfide) groups is 2. The fourth-order valence-electron chi connectivity index (χ4n) is 1.77. The smallest absolute Gasteiger partial charge is 0.293 e. The Morgan fingerprint density at radius 3 is 2.58 bits per heavy atom. The maximum Gasteiger partial charge on any atom is 0.293 e. The molecule has 1 aromatic heterocycles. The SMILES string of the molecule is CSC(NC(=O)C(=O)c1c[nH]c2ccccc12)SC. The highest BCUT2D eigenvalue weighted by Gasteiger charge is 2.21. The number of aromatic amines is 1. The molecule has 6 heteroatoms. The lowest BCUT2D eigenvalue weighted by atomic mass is 10.1. The largest absolute Gasteiger partial charge is 0.360 e. The number of rotatable bonds is 5. The van der Waals surface area contributed by atoms with E-state index in [0.717, 1.165) is 10.9 Å². The van der Waals surface area contributed by atoms with E-state index in [1.807, 2.05) is 36.8 Å². The van der Waals surface area contributed by atoms with Crippen LogP contribution in [0.3, 0.4) is 0 Å². The quantitative estimate of drug-likeness (QED) is 0.505. The summed E-state index contributed by atoms with van der Waals surface area (Å²) in [6.07, 6.45) is 5.36. The van der Waals surface area contributed by atoms with Crippen LogP contribution < -0.4 is 5.32 Å². The van der Waals surface area contributed by atoms with E-state index >= 15 is 0 Å². The summed E-state index contributed by atoms with van der Waals surface area (Å²) in [5.74, 6) is -1.08. The van der Waals surface area contributed by atoms with Crippen molar-refractivity contribution < 1.29 is 9.59 Å². The molecule has 19 heavy (non-hydrogen) atoms. The molecule has 0 aliphatic rings. The van der Waals surface area contributed by atoms with Gasteiger partial charge in [0.1, 0.15) is 4.71 Å². The molecule has 2 aromatic rings. The maximum absolute atomic E-state index is 12.1. The number of hydrogen-bond donors (Lipinski definition) is 2. The Kier molecular flexibility index (Phi) is 4.55. The van der Waals surface area contributed by atoms with Gasteiger partial charge < -0.3 is 10.3 Å².